The molecule has 0 aromatic heterocycles. The van der Waals surface area contributed by atoms with Crippen LogP contribution in [-0.2, 0) is 17.6 Å². The van der Waals surface area contributed by atoms with Crippen molar-refractivity contribution in [3.05, 3.63) is 71.3 Å². The Morgan fingerprint density at radius 3 is 2.24 bits per heavy atom. The monoisotopic (exact) mass is 394 g/mol. The molecule has 1 aliphatic rings. The number of carbonyl (C=O) groups is 1. The van der Waals surface area contributed by atoms with Gasteiger partial charge in [-0.15, -0.1) is 0 Å². The van der Waals surface area contributed by atoms with Crippen LogP contribution < -0.4 is 0 Å². The maximum Gasteiger partial charge on any atom is 0.338 e. The van der Waals surface area contributed by atoms with Crippen molar-refractivity contribution < 1.29 is 9.53 Å². The van der Waals surface area contributed by atoms with Crippen LogP contribution in [0.15, 0.2) is 54.6 Å². The minimum atomic E-state index is -0.239. The van der Waals surface area contributed by atoms with Gasteiger partial charge in [-0.1, -0.05) is 49.4 Å². The predicted molar refractivity (Wildman–Crippen MR) is 118 cm³/mol. The summed E-state index contributed by atoms with van der Waals surface area (Å²) < 4.78 is 5.04. The first-order valence-electron chi connectivity index (χ1n) is 10.9. The van der Waals surface area contributed by atoms with Crippen LogP contribution in [0.25, 0.3) is 0 Å². The Morgan fingerprint density at radius 1 is 0.931 bits per heavy atom. The van der Waals surface area contributed by atoms with Crippen molar-refractivity contribution in [1.82, 2.24) is 9.80 Å². The van der Waals surface area contributed by atoms with Crippen LogP contribution >= 0.6 is 0 Å². The normalized spacial score (nSPS) is 16.5. The number of esters is 1. The molecule has 2 aromatic carbocycles. The van der Waals surface area contributed by atoms with Gasteiger partial charge in [0.25, 0.3) is 0 Å². The van der Waals surface area contributed by atoms with Gasteiger partial charge >= 0.3 is 5.97 Å². The second kappa shape index (κ2) is 11.1. The third-order valence-corrected chi connectivity index (χ3v) is 5.64. The van der Waals surface area contributed by atoms with Crippen LogP contribution in [0.3, 0.4) is 0 Å². The molecule has 0 radical (unpaired) electrons. The predicted octanol–water partition coefficient (Wildman–Crippen LogP) is 3.90. The summed E-state index contributed by atoms with van der Waals surface area (Å²) in [6, 6.07) is 18.7. The molecule has 0 aliphatic carbocycles. The molecule has 1 aliphatic heterocycles. The first-order chi connectivity index (χ1) is 14.1. The van der Waals surface area contributed by atoms with Gasteiger partial charge in [-0.2, -0.15) is 0 Å². The first kappa shape index (κ1) is 21.5. The van der Waals surface area contributed by atoms with E-state index in [2.05, 4.69) is 47.1 Å². The van der Waals surface area contributed by atoms with Crippen LogP contribution in [0.4, 0.5) is 0 Å². The summed E-state index contributed by atoms with van der Waals surface area (Å²) >= 11 is 0. The van der Waals surface area contributed by atoms with Crippen LogP contribution in [0.1, 0.15) is 35.3 Å². The van der Waals surface area contributed by atoms with E-state index in [0.717, 1.165) is 45.6 Å². The van der Waals surface area contributed by atoms with Crippen molar-refractivity contribution in [2.45, 2.75) is 26.7 Å². The molecular weight excluding hydrogens is 360 g/mol. The van der Waals surface area contributed by atoms with Crippen LogP contribution in [-0.4, -0.2) is 61.6 Å². The van der Waals surface area contributed by atoms with Crippen molar-refractivity contribution in [1.29, 1.82) is 0 Å². The van der Waals surface area contributed by atoms with Gasteiger partial charge in [0.2, 0.25) is 0 Å². The molecule has 2 aromatic rings. The third-order valence-electron chi connectivity index (χ3n) is 5.64. The van der Waals surface area contributed by atoms with Gasteiger partial charge in [-0.25, -0.2) is 4.79 Å². The minimum absolute atomic E-state index is 0.239. The fraction of sp³-hybridized carbons (Fsp3) is 0.480. The third kappa shape index (κ3) is 6.98. The van der Waals surface area contributed by atoms with Gasteiger partial charge in [0.15, 0.2) is 0 Å². The second-order valence-corrected chi connectivity index (χ2v) is 8.10. The van der Waals surface area contributed by atoms with E-state index in [4.69, 9.17) is 4.74 Å². The largest absolute Gasteiger partial charge is 0.462 e. The summed E-state index contributed by atoms with van der Waals surface area (Å²) in [5.74, 6) is 0.443. The minimum Gasteiger partial charge on any atom is -0.462 e. The average molecular weight is 395 g/mol. The average Bonchev–Trinajstić information content (AvgIpc) is 2.74. The SMILES string of the molecule is CCOC(=O)c1ccc(CCN2CCN(CC(C)Cc3ccccc3)CC2)cc1. The molecule has 0 saturated carbocycles. The van der Waals surface area contributed by atoms with Crippen molar-refractivity contribution in [2.24, 2.45) is 5.92 Å². The lowest BCUT2D eigenvalue weighted by molar-refractivity contribution is 0.0526. The number of nitrogens with zero attached hydrogens (tertiary/aromatic N) is 2. The lowest BCUT2D eigenvalue weighted by Gasteiger charge is -2.36. The highest BCUT2D eigenvalue weighted by molar-refractivity contribution is 5.89. The summed E-state index contributed by atoms with van der Waals surface area (Å²) in [6.07, 6.45) is 2.18. The zero-order chi connectivity index (χ0) is 20.5. The highest BCUT2D eigenvalue weighted by Crippen LogP contribution is 2.13. The van der Waals surface area contributed by atoms with E-state index in [0.29, 0.717) is 18.1 Å². The van der Waals surface area contributed by atoms with Gasteiger partial charge < -0.3 is 14.5 Å². The Balaban J connectivity index is 1.36. The molecule has 1 atom stereocenters. The maximum absolute atomic E-state index is 11.7. The highest BCUT2D eigenvalue weighted by atomic mass is 16.5. The van der Waals surface area contributed by atoms with Crippen molar-refractivity contribution in [3.8, 4) is 0 Å². The molecule has 0 amide bonds. The molecule has 3 rings (SSSR count). The Hall–Kier alpha value is -2.17. The van der Waals surface area contributed by atoms with E-state index >= 15 is 0 Å². The fourth-order valence-electron chi connectivity index (χ4n) is 4.03. The number of rotatable bonds is 9. The number of hydrogen-bond donors (Lipinski definition) is 0. The Bertz CT molecular complexity index is 737. The summed E-state index contributed by atoms with van der Waals surface area (Å²) in [5, 5.41) is 0. The smallest absolute Gasteiger partial charge is 0.338 e. The highest BCUT2D eigenvalue weighted by Gasteiger charge is 2.18. The van der Waals surface area contributed by atoms with Gasteiger partial charge in [0.05, 0.1) is 12.2 Å². The number of hydrogen-bond acceptors (Lipinski definition) is 4. The topological polar surface area (TPSA) is 32.8 Å². The number of carbonyl (C=O) groups excluding carboxylic acids is 1. The summed E-state index contributed by atoms with van der Waals surface area (Å²) in [7, 11) is 0. The second-order valence-electron chi connectivity index (χ2n) is 8.10. The Morgan fingerprint density at radius 2 is 1.59 bits per heavy atom. The maximum atomic E-state index is 11.7. The number of piperazine rings is 1. The van der Waals surface area contributed by atoms with Crippen molar-refractivity contribution >= 4 is 5.97 Å². The molecule has 1 heterocycles. The number of benzene rings is 2. The van der Waals surface area contributed by atoms with E-state index in [1.54, 1.807) is 0 Å². The fourth-order valence-corrected chi connectivity index (χ4v) is 4.03. The zero-order valence-electron chi connectivity index (χ0n) is 17.8. The van der Waals surface area contributed by atoms with Crippen LogP contribution in [0.2, 0.25) is 0 Å². The van der Waals surface area contributed by atoms with E-state index in [9.17, 15) is 4.79 Å². The summed E-state index contributed by atoms with van der Waals surface area (Å²) in [4.78, 5) is 16.9. The molecule has 0 N–H and O–H groups in total. The Labute approximate surface area is 175 Å². The van der Waals surface area contributed by atoms with Crippen molar-refractivity contribution in [2.75, 3.05) is 45.9 Å². The molecular formula is C25H34N2O2. The van der Waals surface area contributed by atoms with E-state index in [1.807, 2.05) is 31.2 Å². The lowest BCUT2D eigenvalue weighted by atomic mass is 10.0. The molecule has 1 unspecified atom stereocenters. The molecule has 4 nitrogen and oxygen atoms in total. The first-order valence-corrected chi connectivity index (χ1v) is 10.9. The van der Waals surface area contributed by atoms with Crippen molar-refractivity contribution in [3.63, 3.8) is 0 Å². The molecule has 0 bridgehead atoms. The lowest BCUT2D eigenvalue weighted by Crippen LogP contribution is -2.48. The molecule has 4 heteroatoms. The van der Waals surface area contributed by atoms with Crippen LogP contribution in [0, 0.1) is 5.92 Å². The zero-order valence-corrected chi connectivity index (χ0v) is 17.8. The van der Waals surface area contributed by atoms with E-state index < -0.39 is 0 Å². The number of ether oxygens (including phenoxy) is 1. The van der Waals surface area contributed by atoms with Gasteiger partial charge in [-0.05, 0) is 48.9 Å². The van der Waals surface area contributed by atoms with E-state index in [1.165, 1.54) is 17.7 Å². The molecule has 1 fully saturated rings. The standard InChI is InChI=1S/C25H34N2O2/c1-3-29-25(28)24-11-9-22(10-12-24)13-14-26-15-17-27(18-16-26)20-21(2)19-23-7-5-4-6-8-23/h4-12,21H,3,13-20H2,1-2H3. The van der Waals surface area contributed by atoms with E-state index in [-0.39, 0.29) is 5.97 Å². The molecule has 29 heavy (non-hydrogen) atoms. The molecule has 156 valence electrons. The van der Waals surface area contributed by atoms with Gasteiger partial charge in [0, 0.05) is 39.3 Å². The van der Waals surface area contributed by atoms with Gasteiger partial charge in [0.1, 0.15) is 0 Å². The molecule has 0 spiro atoms. The summed E-state index contributed by atoms with van der Waals surface area (Å²) in [6.45, 7) is 11.4. The Kier molecular flexibility index (Phi) is 8.26. The van der Waals surface area contributed by atoms with Gasteiger partial charge in [-0.3, -0.25) is 0 Å². The quantitative estimate of drug-likeness (QED) is 0.604. The summed E-state index contributed by atoms with van der Waals surface area (Å²) in [5.41, 5.74) is 3.35. The van der Waals surface area contributed by atoms with Crippen LogP contribution in [0.5, 0.6) is 0 Å². The molecule has 1 saturated heterocycles.